The average Bonchev–Trinajstić information content (AvgIpc) is 2.75. The molecule has 0 atom stereocenters. The third-order valence-corrected chi connectivity index (χ3v) is 5.57. The van der Waals surface area contributed by atoms with Crippen LogP contribution in [0.3, 0.4) is 0 Å². The second-order valence-corrected chi connectivity index (χ2v) is 8.05. The fraction of sp³-hybridized carbons (Fsp3) is 0.375. The highest BCUT2D eigenvalue weighted by Gasteiger charge is 2.36. The van der Waals surface area contributed by atoms with Gasteiger partial charge in [-0.3, -0.25) is 9.59 Å². The molecule has 0 radical (unpaired) electrons. The number of piperidine rings is 1. The maximum atomic E-state index is 13.1. The first-order chi connectivity index (χ1) is 14.8. The highest BCUT2D eigenvalue weighted by Crippen LogP contribution is 2.35. The Hall–Kier alpha value is -3.40. The molecule has 1 aliphatic rings. The predicted octanol–water partition coefficient (Wildman–Crippen LogP) is 3.85. The van der Waals surface area contributed by atoms with Gasteiger partial charge in [0.2, 0.25) is 5.91 Å². The van der Waals surface area contributed by atoms with Crippen molar-refractivity contribution in [3.8, 4) is 11.8 Å². The topological polar surface area (TPSA) is 82.4 Å². The van der Waals surface area contributed by atoms with Crippen LogP contribution in [0.15, 0.2) is 42.5 Å². The van der Waals surface area contributed by atoms with E-state index in [0.29, 0.717) is 43.8 Å². The molecule has 162 valence electrons. The lowest BCUT2D eigenvalue weighted by molar-refractivity contribution is -0.135. The number of nitrogens with one attached hydrogen (secondary N) is 1. The Kier molecular flexibility index (Phi) is 6.91. The molecular weight excluding hydrogens is 397 g/mol. The number of aryl methyl sites for hydroxylation is 1. The molecule has 2 aromatic carbocycles. The van der Waals surface area contributed by atoms with Crippen LogP contribution in [0.1, 0.15) is 30.9 Å². The summed E-state index contributed by atoms with van der Waals surface area (Å²) >= 11 is 0. The van der Waals surface area contributed by atoms with Crippen LogP contribution >= 0.6 is 0 Å². The van der Waals surface area contributed by atoms with Crippen molar-refractivity contribution in [2.75, 3.05) is 25.0 Å². The number of amides is 2. The number of anilines is 1. The van der Waals surface area contributed by atoms with Crippen LogP contribution in [0, 0.1) is 29.5 Å². The molecule has 6 nitrogen and oxygen atoms in total. The molecule has 0 bridgehead atoms. The van der Waals surface area contributed by atoms with Crippen molar-refractivity contribution in [3.63, 3.8) is 0 Å². The zero-order valence-corrected chi connectivity index (χ0v) is 17.8. The summed E-state index contributed by atoms with van der Waals surface area (Å²) in [5.74, 6) is -0.234. The van der Waals surface area contributed by atoms with Crippen LogP contribution in [0.5, 0.6) is 5.75 Å². The number of carbonyl (C=O) groups is 2. The van der Waals surface area contributed by atoms with Gasteiger partial charge in [0.05, 0.1) is 17.2 Å². The molecule has 1 fully saturated rings. The number of hydrogen-bond donors (Lipinski definition) is 1. The summed E-state index contributed by atoms with van der Waals surface area (Å²) in [5.41, 5.74) is 1.82. The summed E-state index contributed by atoms with van der Waals surface area (Å²) < 4.78 is 18.9. The van der Waals surface area contributed by atoms with Crippen molar-refractivity contribution < 1.29 is 18.7 Å². The number of likely N-dealkylation sites (tertiary alicyclic amines) is 1. The molecule has 0 saturated carbocycles. The largest absolute Gasteiger partial charge is 0.482 e. The van der Waals surface area contributed by atoms with E-state index in [1.807, 2.05) is 13.0 Å². The van der Waals surface area contributed by atoms with E-state index in [1.54, 1.807) is 29.2 Å². The summed E-state index contributed by atoms with van der Waals surface area (Å²) in [6.07, 6.45) is 1.63. The second-order valence-electron chi connectivity index (χ2n) is 8.05. The third-order valence-electron chi connectivity index (χ3n) is 5.57. The highest BCUT2D eigenvalue weighted by atomic mass is 19.1. The Balaban J connectivity index is 1.58. The minimum Gasteiger partial charge on any atom is -0.482 e. The number of benzene rings is 2. The lowest BCUT2D eigenvalue weighted by atomic mass is 9.75. The summed E-state index contributed by atoms with van der Waals surface area (Å²) in [7, 11) is 0. The lowest BCUT2D eigenvalue weighted by Crippen LogP contribution is -2.45. The average molecular weight is 423 g/mol. The van der Waals surface area contributed by atoms with Gasteiger partial charge < -0.3 is 15.0 Å². The second kappa shape index (κ2) is 9.61. The molecule has 2 aromatic rings. The van der Waals surface area contributed by atoms with Crippen molar-refractivity contribution >= 4 is 17.5 Å². The molecule has 3 rings (SSSR count). The van der Waals surface area contributed by atoms with Gasteiger partial charge in [-0.25, -0.2) is 4.39 Å². The molecule has 2 amide bonds. The number of carbonyl (C=O) groups excluding carboxylic acids is 2. The van der Waals surface area contributed by atoms with E-state index in [0.717, 1.165) is 11.1 Å². The smallest absolute Gasteiger partial charge is 0.260 e. The van der Waals surface area contributed by atoms with Gasteiger partial charge in [-0.1, -0.05) is 18.2 Å². The number of nitrogens with zero attached hydrogens (tertiary/aromatic N) is 2. The van der Waals surface area contributed by atoms with Crippen LogP contribution in [0.4, 0.5) is 10.1 Å². The fourth-order valence-electron chi connectivity index (χ4n) is 3.78. The molecule has 7 heteroatoms. The monoisotopic (exact) mass is 423 g/mol. The van der Waals surface area contributed by atoms with Crippen molar-refractivity contribution in [2.45, 2.75) is 33.1 Å². The lowest BCUT2D eigenvalue weighted by Gasteiger charge is -2.37. The van der Waals surface area contributed by atoms with E-state index < -0.39 is 5.41 Å². The molecule has 31 heavy (non-hydrogen) atoms. The molecule has 0 spiro atoms. The molecule has 1 N–H and O–H groups in total. The molecule has 0 aliphatic carbocycles. The molecular formula is C24H26FN3O3. The van der Waals surface area contributed by atoms with Crippen LogP contribution in [0.2, 0.25) is 0 Å². The quantitative estimate of drug-likeness (QED) is 0.765. The summed E-state index contributed by atoms with van der Waals surface area (Å²) in [6.45, 7) is 4.09. The minimum atomic E-state index is -0.565. The molecule has 1 aliphatic heterocycles. The minimum absolute atomic E-state index is 0.145. The zero-order chi connectivity index (χ0) is 22.4. The van der Waals surface area contributed by atoms with Crippen molar-refractivity contribution in [3.05, 3.63) is 59.4 Å². The van der Waals surface area contributed by atoms with Crippen LogP contribution in [-0.2, 0) is 16.0 Å². The highest BCUT2D eigenvalue weighted by molar-refractivity contribution is 5.90. The summed E-state index contributed by atoms with van der Waals surface area (Å²) in [6, 6.07) is 14.0. The van der Waals surface area contributed by atoms with Gasteiger partial charge >= 0.3 is 0 Å². The van der Waals surface area contributed by atoms with E-state index in [9.17, 15) is 19.2 Å². The number of rotatable bonds is 6. The van der Waals surface area contributed by atoms with Crippen molar-refractivity contribution in [1.82, 2.24) is 4.90 Å². The standard InChI is InChI=1S/C24H26FN3O3/c1-17-3-8-21(27-18(2)29)22(13-17)31-15-23(30)28-11-9-24(16-26,10-12-28)14-19-4-6-20(25)7-5-19/h3-8,13H,9-12,14-15H2,1-2H3,(H,27,29). The van der Waals surface area contributed by atoms with Crippen molar-refractivity contribution in [1.29, 1.82) is 5.26 Å². The Labute approximate surface area is 181 Å². The zero-order valence-electron chi connectivity index (χ0n) is 17.8. The Morgan fingerprint density at radius 2 is 1.87 bits per heavy atom. The van der Waals surface area contributed by atoms with Gasteiger partial charge in [0.25, 0.3) is 5.91 Å². The summed E-state index contributed by atoms with van der Waals surface area (Å²) in [4.78, 5) is 25.8. The first-order valence-corrected chi connectivity index (χ1v) is 10.2. The van der Waals surface area contributed by atoms with Crippen molar-refractivity contribution in [2.24, 2.45) is 5.41 Å². The van der Waals surface area contributed by atoms with Gasteiger partial charge in [-0.05, 0) is 61.6 Å². The van der Waals surface area contributed by atoms with E-state index in [1.165, 1.54) is 19.1 Å². The van der Waals surface area contributed by atoms with E-state index in [4.69, 9.17) is 4.74 Å². The van der Waals surface area contributed by atoms with Crippen LogP contribution in [0.25, 0.3) is 0 Å². The Morgan fingerprint density at radius 1 is 1.19 bits per heavy atom. The van der Waals surface area contributed by atoms with Gasteiger partial charge in [0, 0.05) is 20.0 Å². The first kappa shape index (κ1) is 22.3. The van der Waals surface area contributed by atoms with E-state index in [-0.39, 0.29) is 24.2 Å². The maximum Gasteiger partial charge on any atom is 0.260 e. The number of halogens is 1. The van der Waals surface area contributed by atoms with Gasteiger partial charge in [0.15, 0.2) is 6.61 Å². The van der Waals surface area contributed by atoms with Crippen LogP contribution in [-0.4, -0.2) is 36.4 Å². The van der Waals surface area contributed by atoms with E-state index >= 15 is 0 Å². The predicted molar refractivity (Wildman–Crippen MR) is 115 cm³/mol. The van der Waals surface area contributed by atoms with Gasteiger partial charge in [-0.15, -0.1) is 0 Å². The molecule has 1 saturated heterocycles. The number of hydrogen-bond acceptors (Lipinski definition) is 4. The molecule has 1 heterocycles. The number of nitriles is 1. The fourth-order valence-corrected chi connectivity index (χ4v) is 3.78. The molecule has 0 unspecified atom stereocenters. The maximum absolute atomic E-state index is 13.1. The van der Waals surface area contributed by atoms with Gasteiger partial charge in [0.1, 0.15) is 11.6 Å². The first-order valence-electron chi connectivity index (χ1n) is 10.2. The Morgan fingerprint density at radius 3 is 2.48 bits per heavy atom. The van der Waals surface area contributed by atoms with Gasteiger partial charge in [-0.2, -0.15) is 5.26 Å². The Bertz CT molecular complexity index is 990. The van der Waals surface area contributed by atoms with Crippen LogP contribution < -0.4 is 10.1 Å². The SMILES string of the molecule is CC(=O)Nc1ccc(C)cc1OCC(=O)N1CCC(C#N)(Cc2ccc(F)cc2)CC1. The molecule has 0 aromatic heterocycles. The summed E-state index contributed by atoms with van der Waals surface area (Å²) in [5, 5.41) is 12.5. The third kappa shape index (κ3) is 5.82. The number of ether oxygens (including phenoxy) is 1. The van der Waals surface area contributed by atoms with E-state index in [2.05, 4.69) is 11.4 Å². The normalized spacial score (nSPS) is 15.1.